The quantitative estimate of drug-likeness (QED) is 0.603. The van der Waals surface area contributed by atoms with Gasteiger partial charge < -0.3 is 0 Å². The van der Waals surface area contributed by atoms with Crippen LogP contribution in [0.5, 0.6) is 0 Å². The summed E-state index contributed by atoms with van der Waals surface area (Å²) in [4.78, 5) is -0.0475. The lowest BCUT2D eigenvalue weighted by Crippen LogP contribution is -2.06. The molecule has 4 heteroatoms. The van der Waals surface area contributed by atoms with E-state index in [0.717, 1.165) is 5.56 Å². The van der Waals surface area contributed by atoms with Crippen molar-refractivity contribution in [1.29, 1.82) is 0 Å². The van der Waals surface area contributed by atoms with E-state index in [-0.39, 0.29) is 4.90 Å². The Labute approximate surface area is 104 Å². The average Bonchev–Trinajstić information content (AvgIpc) is 2.34. The minimum Gasteiger partial charge on any atom is -0.253 e. The number of benzene rings is 1. The van der Waals surface area contributed by atoms with E-state index < -0.39 is 29.9 Å². The first-order valence-electron chi connectivity index (χ1n) is 6.92. The van der Waals surface area contributed by atoms with Crippen LogP contribution >= 0.6 is 0 Å². The third-order valence-electron chi connectivity index (χ3n) is 1.75. The first-order valence-corrected chi connectivity index (χ1v) is 5.83. The lowest BCUT2D eigenvalue weighted by molar-refractivity contribution is 0.363. The van der Waals surface area contributed by atoms with Crippen LogP contribution in [0.2, 0.25) is 0 Å². The fourth-order valence-corrected chi connectivity index (χ4v) is 1.78. The molecule has 1 aromatic carbocycles. The van der Waals surface area contributed by atoms with Crippen molar-refractivity contribution in [3.63, 3.8) is 0 Å². The van der Waals surface area contributed by atoms with E-state index in [2.05, 4.69) is 10.1 Å². The Bertz CT molecular complexity index is 651. The van der Waals surface area contributed by atoms with Crippen LogP contribution in [-0.4, -0.2) is 15.0 Å². The van der Waals surface area contributed by atoms with Gasteiger partial charge in [-0.15, -0.1) is 5.92 Å². The number of hydrogen-bond donors (Lipinski definition) is 0. The Hall–Kier alpha value is -1.31. The summed E-state index contributed by atoms with van der Waals surface area (Å²) in [5, 5.41) is 0. The second-order valence-corrected chi connectivity index (χ2v) is 4.57. The summed E-state index contributed by atoms with van der Waals surface area (Å²) in [5.41, 5.74) is 0.889. The fraction of sp³-hybridized carbons (Fsp3) is 0.333. The normalized spacial score (nSPS) is 16.9. The second-order valence-electron chi connectivity index (χ2n) is 2.96. The van der Waals surface area contributed by atoms with Crippen molar-refractivity contribution >= 4 is 10.1 Å². The number of hydrogen-bond acceptors (Lipinski definition) is 3. The van der Waals surface area contributed by atoms with Crippen LogP contribution in [0.1, 0.15) is 25.6 Å². The van der Waals surface area contributed by atoms with Gasteiger partial charge in [-0.25, -0.2) is 0 Å². The van der Waals surface area contributed by atoms with E-state index in [4.69, 9.17) is 6.85 Å². The van der Waals surface area contributed by atoms with Crippen molar-refractivity contribution in [3.8, 4) is 11.8 Å². The number of aryl methyl sites for hydroxylation is 1. The zero-order valence-corrected chi connectivity index (χ0v) is 9.47. The molecular formula is C12H14O3S. The van der Waals surface area contributed by atoms with Crippen LogP contribution in [0.4, 0.5) is 0 Å². The smallest absolute Gasteiger partial charge is 0.253 e. The summed E-state index contributed by atoms with van der Waals surface area (Å²) in [5.74, 6) is 3.95. The highest BCUT2D eigenvalue weighted by atomic mass is 32.2. The monoisotopic (exact) mass is 243 g/mol. The maximum atomic E-state index is 11.8. The van der Waals surface area contributed by atoms with E-state index in [1.165, 1.54) is 12.1 Å². The molecule has 0 aromatic heterocycles. The van der Waals surface area contributed by atoms with Gasteiger partial charge in [0.15, 0.2) is 0 Å². The molecule has 0 atom stereocenters. The maximum absolute atomic E-state index is 11.8. The molecule has 86 valence electrons. The highest BCUT2D eigenvalue weighted by Crippen LogP contribution is 2.12. The van der Waals surface area contributed by atoms with Crippen LogP contribution in [-0.2, 0) is 14.3 Å². The molecule has 0 radical (unpaired) electrons. The zero-order valence-electron chi connectivity index (χ0n) is 13.6. The van der Waals surface area contributed by atoms with Crippen molar-refractivity contribution in [2.24, 2.45) is 0 Å². The molecule has 0 saturated carbocycles. The van der Waals surface area contributed by atoms with Gasteiger partial charge in [-0.05, 0) is 19.1 Å². The summed E-state index contributed by atoms with van der Waals surface area (Å²) < 4.78 is 63.4. The summed E-state index contributed by atoms with van der Waals surface area (Å²) >= 11 is 0. The van der Waals surface area contributed by atoms with Gasteiger partial charge in [0.2, 0.25) is 0 Å². The van der Waals surface area contributed by atoms with Crippen molar-refractivity contribution in [2.75, 3.05) is 6.61 Å². The molecule has 0 bridgehead atoms. The van der Waals surface area contributed by atoms with Crippen molar-refractivity contribution in [1.82, 2.24) is 0 Å². The average molecular weight is 243 g/mol. The second kappa shape index (κ2) is 5.69. The predicted molar refractivity (Wildman–Crippen MR) is 62.4 cm³/mol. The van der Waals surface area contributed by atoms with Gasteiger partial charge in [-0.2, -0.15) is 8.42 Å². The van der Waals surface area contributed by atoms with Crippen molar-refractivity contribution in [2.45, 2.75) is 25.0 Å². The topological polar surface area (TPSA) is 43.4 Å². The highest BCUT2D eigenvalue weighted by Gasteiger charge is 2.13. The molecule has 0 spiro atoms. The first-order chi connectivity index (χ1) is 9.46. The minimum atomic E-state index is -4.00. The van der Waals surface area contributed by atoms with Gasteiger partial charge in [0.1, 0.15) is 6.61 Å². The molecule has 0 aliphatic carbocycles. The highest BCUT2D eigenvalue weighted by molar-refractivity contribution is 7.86. The van der Waals surface area contributed by atoms with Gasteiger partial charge in [0.25, 0.3) is 10.1 Å². The summed E-state index contributed by atoms with van der Waals surface area (Å²) in [6.07, 6.45) is -2.72. The van der Waals surface area contributed by atoms with E-state index >= 15 is 0 Å². The van der Waals surface area contributed by atoms with E-state index in [1.54, 1.807) is 19.1 Å². The molecule has 1 rings (SSSR count). The molecule has 0 amide bonds. The van der Waals surface area contributed by atoms with Crippen molar-refractivity contribution in [3.05, 3.63) is 29.8 Å². The summed E-state index contributed by atoms with van der Waals surface area (Å²) in [7, 11) is -4.00. The van der Waals surface area contributed by atoms with Crippen LogP contribution in [0.25, 0.3) is 0 Å². The van der Waals surface area contributed by atoms with E-state index in [0.29, 0.717) is 0 Å². The van der Waals surface area contributed by atoms with Crippen LogP contribution < -0.4 is 0 Å². The largest absolute Gasteiger partial charge is 0.297 e. The fourth-order valence-electron chi connectivity index (χ4n) is 0.960. The Kier molecular flexibility index (Phi) is 2.52. The zero-order chi connectivity index (χ0) is 16.3. The third-order valence-corrected chi connectivity index (χ3v) is 3.02. The molecule has 0 heterocycles. The van der Waals surface area contributed by atoms with Gasteiger partial charge in [0, 0.05) is 13.2 Å². The predicted octanol–water partition coefficient (Wildman–Crippen LogP) is 2.11. The molecule has 0 aliphatic heterocycles. The molecule has 0 N–H and O–H groups in total. The summed E-state index contributed by atoms with van der Waals surface area (Å²) in [6, 6.07) is 5.96. The standard InChI is InChI=1S/C12H14O3S/c1-3-4-5-10-15-16(13,14)12-8-6-11(2)7-9-12/h6-9H,3,10H2,1-2H3/i1D3,3D2. The molecule has 0 aliphatic rings. The Morgan fingerprint density at radius 2 is 2.06 bits per heavy atom. The Morgan fingerprint density at radius 1 is 1.38 bits per heavy atom. The van der Waals surface area contributed by atoms with E-state index in [9.17, 15) is 8.42 Å². The van der Waals surface area contributed by atoms with Gasteiger partial charge >= 0.3 is 0 Å². The molecule has 16 heavy (non-hydrogen) atoms. The lowest BCUT2D eigenvalue weighted by Gasteiger charge is -2.02. The van der Waals surface area contributed by atoms with Gasteiger partial charge in [0.05, 0.1) is 4.90 Å². The molecule has 0 fully saturated rings. The summed E-state index contributed by atoms with van der Waals surface area (Å²) in [6.45, 7) is -1.72. The van der Waals surface area contributed by atoms with Crippen LogP contribution in [0.3, 0.4) is 0 Å². The SMILES string of the molecule is [2H]C([2H])([2H])C([2H])([2H])C#CCOS(=O)(=O)c1ccc(C)cc1. The Morgan fingerprint density at radius 3 is 2.69 bits per heavy atom. The molecular weight excluding hydrogens is 224 g/mol. The molecule has 1 aromatic rings. The Balaban J connectivity index is 2.75. The van der Waals surface area contributed by atoms with Crippen molar-refractivity contribution < 1.29 is 19.5 Å². The third kappa shape index (κ3) is 3.69. The van der Waals surface area contributed by atoms with Gasteiger partial charge in [-0.3, -0.25) is 4.18 Å². The van der Waals surface area contributed by atoms with E-state index in [1.807, 2.05) is 5.92 Å². The minimum absolute atomic E-state index is 0.0475. The van der Waals surface area contributed by atoms with Crippen LogP contribution in [0.15, 0.2) is 29.2 Å². The molecule has 0 saturated heterocycles. The molecule has 3 nitrogen and oxygen atoms in total. The maximum Gasteiger partial charge on any atom is 0.297 e. The first kappa shape index (κ1) is 7.10. The van der Waals surface area contributed by atoms with Crippen LogP contribution in [0, 0.1) is 18.8 Å². The van der Waals surface area contributed by atoms with Gasteiger partial charge in [-0.1, -0.05) is 30.5 Å². The number of rotatable bonds is 3. The molecule has 0 unspecified atom stereocenters. The lowest BCUT2D eigenvalue weighted by atomic mass is 10.2.